The fraction of sp³-hybridized carbons (Fsp3) is 0.235. The predicted octanol–water partition coefficient (Wildman–Crippen LogP) is 3.77. The molecule has 0 radical (unpaired) electrons. The molecule has 3 nitrogen and oxygen atoms in total. The van der Waals surface area contributed by atoms with Gasteiger partial charge in [-0.15, -0.1) is 0 Å². The number of nitrogens with one attached hydrogen (secondary N) is 1. The van der Waals surface area contributed by atoms with Gasteiger partial charge in [0, 0.05) is 31.9 Å². The second-order valence-electron chi connectivity index (χ2n) is 4.92. The molecule has 1 amide bonds. The molecule has 0 aliphatic carbocycles. The Labute approximate surface area is 120 Å². The normalized spacial score (nSPS) is 10.2. The lowest BCUT2D eigenvalue weighted by molar-refractivity contribution is -0.115. The number of benzene rings is 2. The van der Waals surface area contributed by atoms with E-state index in [2.05, 4.69) is 34.5 Å². The van der Waals surface area contributed by atoms with E-state index in [4.69, 9.17) is 0 Å². The van der Waals surface area contributed by atoms with Crippen molar-refractivity contribution in [1.29, 1.82) is 0 Å². The number of carbonyl (C=O) groups excluding carboxylic acids is 1. The summed E-state index contributed by atoms with van der Waals surface area (Å²) >= 11 is 0. The predicted molar refractivity (Wildman–Crippen MR) is 85.1 cm³/mol. The maximum atomic E-state index is 11.3. The van der Waals surface area contributed by atoms with Crippen LogP contribution in [0.15, 0.2) is 48.5 Å². The van der Waals surface area contributed by atoms with Gasteiger partial charge < -0.3 is 10.2 Å². The molecule has 0 aliphatic heterocycles. The highest BCUT2D eigenvalue weighted by atomic mass is 16.1. The van der Waals surface area contributed by atoms with Crippen LogP contribution in [0.5, 0.6) is 0 Å². The highest BCUT2D eigenvalue weighted by molar-refractivity contribution is 5.90. The van der Waals surface area contributed by atoms with E-state index in [-0.39, 0.29) is 5.91 Å². The van der Waals surface area contributed by atoms with E-state index in [0.717, 1.165) is 11.3 Å². The summed E-state index contributed by atoms with van der Waals surface area (Å²) in [5.41, 5.74) is 4.33. The zero-order chi connectivity index (χ0) is 14.5. The molecule has 0 fully saturated rings. The van der Waals surface area contributed by atoms with Gasteiger partial charge in [-0.2, -0.15) is 0 Å². The number of carbonyl (C=O) groups is 1. The summed E-state index contributed by atoms with van der Waals surface area (Å²) in [4.78, 5) is 13.4. The Morgan fingerprint density at radius 1 is 0.950 bits per heavy atom. The molecular formula is C17H20N2O. The Bertz CT molecular complexity index is 571. The van der Waals surface area contributed by atoms with Crippen LogP contribution in [0.1, 0.15) is 13.3 Å². The Balaban J connectivity index is 2.15. The summed E-state index contributed by atoms with van der Waals surface area (Å²) in [6.07, 6.45) is 0.494. The molecule has 0 atom stereocenters. The van der Waals surface area contributed by atoms with Gasteiger partial charge in [-0.25, -0.2) is 0 Å². The summed E-state index contributed by atoms with van der Waals surface area (Å²) < 4.78 is 0. The van der Waals surface area contributed by atoms with Crippen LogP contribution in [-0.2, 0) is 4.79 Å². The summed E-state index contributed by atoms with van der Waals surface area (Å²) in [5.74, 6) is 0.0353. The molecule has 0 unspecified atom stereocenters. The summed E-state index contributed by atoms with van der Waals surface area (Å²) in [7, 11) is 4.06. The molecule has 0 saturated carbocycles. The van der Waals surface area contributed by atoms with Gasteiger partial charge >= 0.3 is 0 Å². The molecule has 2 aromatic carbocycles. The minimum atomic E-state index is 0.0353. The van der Waals surface area contributed by atoms with Crippen molar-refractivity contribution in [2.45, 2.75) is 13.3 Å². The van der Waals surface area contributed by atoms with Crippen molar-refractivity contribution in [3.63, 3.8) is 0 Å². The standard InChI is InChI=1S/C17H20N2O/c1-4-17(20)18-15-9-5-13(6-10-15)14-7-11-16(12-8-14)19(2)3/h5-12H,4H2,1-3H3,(H,18,20). The molecule has 0 aliphatic rings. The topological polar surface area (TPSA) is 32.3 Å². The number of anilines is 2. The lowest BCUT2D eigenvalue weighted by Gasteiger charge is -2.13. The minimum Gasteiger partial charge on any atom is -0.378 e. The summed E-state index contributed by atoms with van der Waals surface area (Å²) in [5, 5.41) is 2.85. The molecule has 0 saturated heterocycles. The number of rotatable bonds is 4. The third-order valence-electron chi connectivity index (χ3n) is 3.21. The molecule has 0 aromatic heterocycles. The summed E-state index contributed by atoms with van der Waals surface area (Å²) in [6, 6.07) is 16.3. The lowest BCUT2D eigenvalue weighted by Crippen LogP contribution is -2.09. The van der Waals surface area contributed by atoms with Crippen LogP contribution in [0.25, 0.3) is 11.1 Å². The molecule has 2 rings (SSSR count). The van der Waals surface area contributed by atoms with Gasteiger partial charge in [0.05, 0.1) is 0 Å². The highest BCUT2D eigenvalue weighted by Crippen LogP contribution is 2.23. The number of hydrogen-bond acceptors (Lipinski definition) is 2. The van der Waals surface area contributed by atoms with Crippen LogP contribution in [0.3, 0.4) is 0 Å². The number of hydrogen-bond donors (Lipinski definition) is 1. The fourth-order valence-corrected chi connectivity index (χ4v) is 1.95. The average molecular weight is 268 g/mol. The largest absolute Gasteiger partial charge is 0.378 e. The van der Waals surface area contributed by atoms with E-state index >= 15 is 0 Å². The quantitative estimate of drug-likeness (QED) is 0.915. The van der Waals surface area contributed by atoms with Gasteiger partial charge in [-0.3, -0.25) is 4.79 Å². The van der Waals surface area contributed by atoms with Gasteiger partial charge in [0.1, 0.15) is 0 Å². The van der Waals surface area contributed by atoms with E-state index in [9.17, 15) is 4.79 Å². The van der Waals surface area contributed by atoms with Crippen molar-refractivity contribution in [1.82, 2.24) is 0 Å². The minimum absolute atomic E-state index is 0.0353. The Kier molecular flexibility index (Phi) is 4.41. The molecule has 0 spiro atoms. The van der Waals surface area contributed by atoms with Crippen LogP contribution < -0.4 is 10.2 Å². The first kappa shape index (κ1) is 14.1. The Morgan fingerprint density at radius 2 is 1.45 bits per heavy atom. The fourth-order valence-electron chi connectivity index (χ4n) is 1.95. The molecule has 3 heteroatoms. The van der Waals surface area contributed by atoms with Crippen molar-refractivity contribution < 1.29 is 4.79 Å². The van der Waals surface area contributed by atoms with E-state index in [1.165, 1.54) is 11.3 Å². The van der Waals surface area contributed by atoms with Crippen LogP contribution >= 0.6 is 0 Å². The third kappa shape index (κ3) is 3.38. The molecule has 0 heterocycles. The zero-order valence-electron chi connectivity index (χ0n) is 12.2. The lowest BCUT2D eigenvalue weighted by atomic mass is 10.0. The van der Waals surface area contributed by atoms with Crippen molar-refractivity contribution in [3.8, 4) is 11.1 Å². The van der Waals surface area contributed by atoms with Crippen LogP contribution in [0, 0.1) is 0 Å². The van der Waals surface area contributed by atoms with Crippen LogP contribution in [0.2, 0.25) is 0 Å². The highest BCUT2D eigenvalue weighted by Gasteiger charge is 2.01. The SMILES string of the molecule is CCC(=O)Nc1ccc(-c2ccc(N(C)C)cc2)cc1. The van der Waals surface area contributed by atoms with Crippen molar-refractivity contribution in [2.24, 2.45) is 0 Å². The molecule has 2 aromatic rings. The smallest absolute Gasteiger partial charge is 0.224 e. The maximum Gasteiger partial charge on any atom is 0.224 e. The molecule has 1 N–H and O–H groups in total. The second-order valence-corrected chi connectivity index (χ2v) is 4.92. The van der Waals surface area contributed by atoms with Crippen LogP contribution in [-0.4, -0.2) is 20.0 Å². The molecule has 104 valence electrons. The molecular weight excluding hydrogens is 248 g/mol. The maximum absolute atomic E-state index is 11.3. The first-order valence-electron chi connectivity index (χ1n) is 6.78. The first-order chi connectivity index (χ1) is 9.60. The van der Waals surface area contributed by atoms with Gasteiger partial charge in [-0.1, -0.05) is 31.2 Å². The van der Waals surface area contributed by atoms with Crippen LogP contribution in [0.4, 0.5) is 11.4 Å². The number of nitrogens with zero attached hydrogens (tertiary/aromatic N) is 1. The van der Waals surface area contributed by atoms with E-state index in [1.807, 2.05) is 45.3 Å². The third-order valence-corrected chi connectivity index (χ3v) is 3.21. The number of amides is 1. The molecule has 0 bridgehead atoms. The van der Waals surface area contributed by atoms with Gasteiger partial charge in [0.25, 0.3) is 0 Å². The monoisotopic (exact) mass is 268 g/mol. The zero-order valence-corrected chi connectivity index (χ0v) is 12.2. The van der Waals surface area contributed by atoms with Gasteiger partial charge in [-0.05, 0) is 35.4 Å². The van der Waals surface area contributed by atoms with Crippen molar-refractivity contribution in [2.75, 3.05) is 24.3 Å². The van der Waals surface area contributed by atoms with E-state index < -0.39 is 0 Å². The molecule has 20 heavy (non-hydrogen) atoms. The van der Waals surface area contributed by atoms with Crippen molar-refractivity contribution in [3.05, 3.63) is 48.5 Å². The summed E-state index contributed by atoms with van der Waals surface area (Å²) in [6.45, 7) is 1.84. The van der Waals surface area contributed by atoms with Gasteiger partial charge in [0.15, 0.2) is 0 Å². The van der Waals surface area contributed by atoms with E-state index in [1.54, 1.807) is 0 Å². The Morgan fingerprint density at radius 3 is 1.90 bits per heavy atom. The average Bonchev–Trinajstić information content (AvgIpc) is 2.48. The van der Waals surface area contributed by atoms with Crippen molar-refractivity contribution >= 4 is 17.3 Å². The van der Waals surface area contributed by atoms with Gasteiger partial charge in [0.2, 0.25) is 5.91 Å². The van der Waals surface area contributed by atoms with E-state index in [0.29, 0.717) is 6.42 Å². The second kappa shape index (κ2) is 6.24. The Hall–Kier alpha value is -2.29. The first-order valence-corrected chi connectivity index (χ1v) is 6.78.